The van der Waals surface area contributed by atoms with Gasteiger partial charge in [-0.15, -0.1) is 0 Å². The lowest BCUT2D eigenvalue weighted by atomic mass is 10.0. The highest BCUT2D eigenvalue weighted by Crippen LogP contribution is 2.32. The monoisotopic (exact) mass is 495 g/mol. The largest absolute Gasteiger partial charge is 0.476 e. The van der Waals surface area contributed by atoms with Gasteiger partial charge in [-0.05, 0) is 37.6 Å². The number of rotatable bonds is 11. The molecule has 0 N–H and O–H groups in total. The summed E-state index contributed by atoms with van der Waals surface area (Å²) in [6, 6.07) is 15.6. The number of nitrogens with zero attached hydrogens (tertiary/aromatic N) is 3. The maximum atomic E-state index is 12.6. The molecule has 3 aromatic rings. The van der Waals surface area contributed by atoms with Crippen molar-refractivity contribution in [3.05, 3.63) is 60.3 Å². The number of methoxy groups -OCH3 is 1. The fourth-order valence-corrected chi connectivity index (χ4v) is 3.92. The average molecular weight is 496 g/mol. The Bertz CT molecular complexity index is 1120. The SMILES string of the molecule is CCOC(=O)c1cnn(-c2ccc(-c3ccccc3OC(C)OC)cc2)c1OCCN1CCOCC1. The third-order valence-corrected chi connectivity index (χ3v) is 5.91. The number of benzene rings is 2. The smallest absolute Gasteiger partial charge is 0.345 e. The lowest BCUT2D eigenvalue weighted by Crippen LogP contribution is -2.38. The van der Waals surface area contributed by atoms with Crippen LogP contribution in [-0.2, 0) is 14.2 Å². The molecule has 1 atom stereocenters. The van der Waals surface area contributed by atoms with Crippen LogP contribution in [0.2, 0.25) is 0 Å². The quantitative estimate of drug-likeness (QED) is 0.293. The van der Waals surface area contributed by atoms with Crippen LogP contribution in [0.15, 0.2) is 54.7 Å². The normalized spacial score (nSPS) is 14.9. The Morgan fingerprint density at radius 1 is 1.11 bits per heavy atom. The fourth-order valence-electron chi connectivity index (χ4n) is 3.92. The van der Waals surface area contributed by atoms with Crippen molar-refractivity contribution in [2.45, 2.75) is 20.1 Å². The van der Waals surface area contributed by atoms with Crippen molar-refractivity contribution in [2.24, 2.45) is 0 Å². The van der Waals surface area contributed by atoms with Gasteiger partial charge in [0.05, 0.1) is 31.7 Å². The first-order chi connectivity index (χ1) is 17.6. The molecular formula is C27H33N3O6. The molecule has 0 radical (unpaired) electrons. The molecule has 0 aliphatic carbocycles. The molecule has 0 spiro atoms. The van der Waals surface area contributed by atoms with Gasteiger partial charge in [-0.25, -0.2) is 9.48 Å². The highest BCUT2D eigenvalue weighted by atomic mass is 16.7. The summed E-state index contributed by atoms with van der Waals surface area (Å²) >= 11 is 0. The minimum atomic E-state index is -0.458. The van der Waals surface area contributed by atoms with E-state index in [-0.39, 0.29) is 12.9 Å². The summed E-state index contributed by atoms with van der Waals surface area (Å²) in [5, 5.41) is 4.44. The number of aromatic nitrogens is 2. The zero-order valence-corrected chi connectivity index (χ0v) is 21.0. The first-order valence-corrected chi connectivity index (χ1v) is 12.2. The lowest BCUT2D eigenvalue weighted by molar-refractivity contribution is -0.0379. The van der Waals surface area contributed by atoms with Crippen molar-refractivity contribution in [1.29, 1.82) is 0 Å². The Kier molecular flexibility index (Phi) is 8.94. The highest BCUT2D eigenvalue weighted by Gasteiger charge is 2.22. The number of morpholine rings is 1. The maximum Gasteiger partial charge on any atom is 0.345 e. The van der Waals surface area contributed by atoms with E-state index in [4.69, 9.17) is 23.7 Å². The summed E-state index contributed by atoms with van der Waals surface area (Å²) in [7, 11) is 1.61. The molecular weight excluding hydrogens is 462 g/mol. The van der Waals surface area contributed by atoms with Crippen LogP contribution in [0, 0.1) is 0 Å². The van der Waals surface area contributed by atoms with Crippen LogP contribution in [-0.4, -0.2) is 80.1 Å². The summed E-state index contributed by atoms with van der Waals surface area (Å²) in [4.78, 5) is 14.8. The van der Waals surface area contributed by atoms with Crippen molar-refractivity contribution in [2.75, 3.05) is 53.2 Å². The van der Waals surface area contributed by atoms with Crippen LogP contribution in [0.4, 0.5) is 0 Å². The average Bonchev–Trinajstić information content (AvgIpc) is 3.34. The van der Waals surface area contributed by atoms with E-state index < -0.39 is 5.97 Å². The first-order valence-electron chi connectivity index (χ1n) is 12.2. The fraction of sp³-hybridized carbons (Fsp3) is 0.407. The molecule has 192 valence electrons. The number of ether oxygens (including phenoxy) is 5. The van der Waals surface area contributed by atoms with Gasteiger partial charge < -0.3 is 23.7 Å². The van der Waals surface area contributed by atoms with Gasteiger partial charge >= 0.3 is 5.97 Å². The molecule has 4 rings (SSSR count). The van der Waals surface area contributed by atoms with Crippen molar-refractivity contribution in [1.82, 2.24) is 14.7 Å². The molecule has 1 aromatic heterocycles. The summed E-state index contributed by atoms with van der Waals surface area (Å²) in [5.74, 6) is 0.641. The molecule has 1 unspecified atom stereocenters. The van der Waals surface area contributed by atoms with Crippen molar-refractivity contribution >= 4 is 5.97 Å². The van der Waals surface area contributed by atoms with E-state index in [1.54, 1.807) is 18.7 Å². The van der Waals surface area contributed by atoms with Crippen LogP contribution in [0.5, 0.6) is 11.6 Å². The molecule has 0 bridgehead atoms. The Morgan fingerprint density at radius 2 is 1.86 bits per heavy atom. The van der Waals surface area contributed by atoms with Crippen molar-refractivity contribution < 1.29 is 28.5 Å². The minimum absolute atomic E-state index is 0.273. The molecule has 1 aliphatic rings. The second-order valence-corrected chi connectivity index (χ2v) is 8.26. The van der Waals surface area contributed by atoms with Gasteiger partial charge in [0, 0.05) is 32.3 Å². The van der Waals surface area contributed by atoms with Gasteiger partial charge in [0.25, 0.3) is 0 Å². The van der Waals surface area contributed by atoms with E-state index in [1.165, 1.54) is 6.20 Å². The molecule has 2 aromatic carbocycles. The minimum Gasteiger partial charge on any atom is -0.476 e. The maximum absolute atomic E-state index is 12.6. The Balaban J connectivity index is 1.56. The predicted octanol–water partition coefficient (Wildman–Crippen LogP) is 3.80. The van der Waals surface area contributed by atoms with E-state index in [0.29, 0.717) is 18.1 Å². The van der Waals surface area contributed by atoms with Crippen molar-refractivity contribution in [3.63, 3.8) is 0 Å². The molecule has 0 amide bonds. The molecule has 1 saturated heterocycles. The number of esters is 1. The van der Waals surface area contributed by atoms with Crippen LogP contribution in [0.25, 0.3) is 16.8 Å². The molecule has 1 aliphatic heterocycles. The van der Waals surface area contributed by atoms with Crippen LogP contribution < -0.4 is 9.47 Å². The molecule has 36 heavy (non-hydrogen) atoms. The topological polar surface area (TPSA) is 84.3 Å². The number of para-hydroxylation sites is 1. The zero-order chi connectivity index (χ0) is 25.3. The number of carbonyl (C=O) groups excluding carboxylic acids is 1. The Labute approximate surface area is 211 Å². The number of hydrogen-bond donors (Lipinski definition) is 0. The van der Waals surface area contributed by atoms with Gasteiger partial charge in [-0.1, -0.05) is 30.3 Å². The van der Waals surface area contributed by atoms with Gasteiger partial charge in [-0.2, -0.15) is 5.10 Å². The Hall–Kier alpha value is -3.40. The molecule has 0 saturated carbocycles. The van der Waals surface area contributed by atoms with E-state index in [0.717, 1.165) is 55.4 Å². The summed E-state index contributed by atoms with van der Waals surface area (Å²) in [6.07, 6.45) is 1.12. The first kappa shape index (κ1) is 25.7. The molecule has 9 nitrogen and oxygen atoms in total. The summed E-state index contributed by atoms with van der Waals surface area (Å²) in [6.45, 7) is 8.20. The number of carbonyl (C=O) groups is 1. The van der Waals surface area contributed by atoms with Gasteiger partial charge in [0.15, 0.2) is 6.29 Å². The highest BCUT2D eigenvalue weighted by molar-refractivity contribution is 5.92. The zero-order valence-electron chi connectivity index (χ0n) is 21.0. The van der Waals surface area contributed by atoms with Crippen LogP contribution in [0.1, 0.15) is 24.2 Å². The van der Waals surface area contributed by atoms with Crippen molar-refractivity contribution in [3.8, 4) is 28.4 Å². The standard InChI is InChI=1S/C27H33N3O6/c1-4-34-27(31)24-19-28-30(26(24)35-18-15-29-13-16-33-17-14-29)22-11-9-21(10-12-22)23-7-5-6-8-25(23)36-20(2)32-3/h5-12,19-20H,4,13-18H2,1-3H3. The number of hydrogen-bond acceptors (Lipinski definition) is 8. The van der Waals surface area contributed by atoms with Gasteiger partial charge in [0.1, 0.15) is 17.9 Å². The second-order valence-electron chi connectivity index (χ2n) is 8.26. The third kappa shape index (κ3) is 6.23. The summed E-state index contributed by atoms with van der Waals surface area (Å²) < 4.78 is 29.5. The predicted molar refractivity (Wildman–Crippen MR) is 135 cm³/mol. The molecule has 2 heterocycles. The lowest BCUT2D eigenvalue weighted by Gasteiger charge is -2.26. The van der Waals surface area contributed by atoms with E-state index in [9.17, 15) is 4.79 Å². The van der Waals surface area contributed by atoms with Crippen LogP contribution in [0.3, 0.4) is 0 Å². The molecule has 1 fully saturated rings. The Morgan fingerprint density at radius 3 is 2.58 bits per heavy atom. The third-order valence-electron chi connectivity index (χ3n) is 5.91. The van der Waals surface area contributed by atoms with Gasteiger partial charge in [-0.3, -0.25) is 4.90 Å². The van der Waals surface area contributed by atoms with E-state index >= 15 is 0 Å². The second kappa shape index (κ2) is 12.5. The molecule has 9 heteroatoms. The van der Waals surface area contributed by atoms with Crippen LogP contribution >= 0.6 is 0 Å². The summed E-state index contributed by atoms with van der Waals surface area (Å²) in [5.41, 5.74) is 2.99. The van der Waals surface area contributed by atoms with E-state index in [2.05, 4.69) is 10.00 Å². The van der Waals surface area contributed by atoms with Gasteiger partial charge in [0.2, 0.25) is 5.88 Å². The van der Waals surface area contributed by atoms with E-state index in [1.807, 2.05) is 55.5 Å².